The molecule has 0 radical (unpaired) electrons. The number of anilines is 1. The second-order valence-electron chi connectivity index (χ2n) is 4.29. The Morgan fingerprint density at radius 2 is 1.89 bits per heavy atom. The standard InChI is InChI=1S/C14H20N2O3/c1-2-3-4-7-10-15-14(19)16-12-9-6-5-8-11(12)13(17)18/h5-6,8-9H,2-4,7,10H2,1H3,(H,17,18)(H2,15,16,19). The van der Waals surface area contributed by atoms with Gasteiger partial charge in [-0.1, -0.05) is 38.3 Å². The van der Waals surface area contributed by atoms with Crippen molar-refractivity contribution in [2.75, 3.05) is 11.9 Å². The van der Waals surface area contributed by atoms with Gasteiger partial charge in [0.05, 0.1) is 11.3 Å². The Hall–Kier alpha value is -2.04. The van der Waals surface area contributed by atoms with Crippen LogP contribution in [0.1, 0.15) is 43.0 Å². The van der Waals surface area contributed by atoms with Gasteiger partial charge in [0.2, 0.25) is 0 Å². The Morgan fingerprint density at radius 1 is 1.16 bits per heavy atom. The fourth-order valence-corrected chi connectivity index (χ4v) is 1.70. The lowest BCUT2D eigenvalue weighted by molar-refractivity contribution is 0.0698. The maximum Gasteiger partial charge on any atom is 0.337 e. The first-order chi connectivity index (χ1) is 9.15. The largest absolute Gasteiger partial charge is 0.478 e. The minimum atomic E-state index is -1.06. The summed E-state index contributed by atoms with van der Waals surface area (Å²) in [6, 6.07) is 5.96. The van der Waals surface area contributed by atoms with Crippen molar-refractivity contribution in [2.45, 2.75) is 32.6 Å². The molecule has 1 rings (SSSR count). The molecule has 5 heteroatoms. The lowest BCUT2D eigenvalue weighted by Crippen LogP contribution is -2.30. The quantitative estimate of drug-likeness (QED) is 0.662. The van der Waals surface area contributed by atoms with E-state index in [0.717, 1.165) is 25.7 Å². The Balaban J connectivity index is 2.42. The van der Waals surface area contributed by atoms with Gasteiger partial charge < -0.3 is 15.7 Å². The number of aromatic carboxylic acids is 1. The van der Waals surface area contributed by atoms with Crippen LogP contribution >= 0.6 is 0 Å². The number of rotatable bonds is 7. The van der Waals surface area contributed by atoms with E-state index >= 15 is 0 Å². The van der Waals surface area contributed by atoms with Gasteiger partial charge in [-0.05, 0) is 18.6 Å². The zero-order valence-corrected chi connectivity index (χ0v) is 11.1. The van der Waals surface area contributed by atoms with E-state index in [-0.39, 0.29) is 11.6 Å². The zero-order chi connectivity index (χ0) is 14.1. The van der Waals surface area contributed by atoms with Crippen molar-refractivity contribution in [3.63, 3.8) is 0 Å². The Kier molecular flexibility index (Phi) is 6.43. The molecule has 1 aromatic carbocycles. The maximum absolute atomic E-state index is 11.6. The van der Waals surface area contributed by atoms with Crippen LogP contribution in [-0.4, -0.2) is 23.7 Å². The molecule has 0 spiro atoms. The Labute approximate surface area is 113 Å². The van der Waals surface area contributed by atoms with Gasteiger partial charge in [0.15, 0.2) is 0 Å². The van der Waals surface area contributed by atoms with Crippen LogP contribution in [0.4, 0.5) is 10.5 Å². The van der Waals surface area contributed by atoms with Crippen LogP contribution in [0.3, 0.4) is 0 Å². The van der Waals surface area contributed by atoms with E-state index in [0.29, 0.717) is 12.2 Å². The molecule has 0 aliphatic carbocycles. The van der Waals surface area contributed by atoms with Gasteiger partial charge in [-0.3, -0.25) is 0 Å². The molecular formula is C14H20N2O3. The van der Waals surface area contributed by atoms with E-state index in [4.69, 9.17) is 5.11 Å². The molecule has 0 saturated carbocycles. The van der Waals surface area contributed by atoms with Crippen molar-refractivity contribution in [1.29, 1.82) is 0 Å². The van der Waals surface area contributed by atoms with Crippen LogP contribution in [-0.2, 0) is 0 Å². The van der Waals surface area contributed by atoms with Crippen molar-refractivity contribution in [3.8, 4) is 0 Å². The number of urea groups is 1. The normalized spacial score (nSPS) is 9.95. The third-order valence-electron chi connectivity index (χ3n) is 2.72. The number of amides is 2. The number of nitrogens with one attached hydrogen (secondary N) is 2. The molecule has 0 aliphatic heterocycles. The van der Waals surface area contributed by atoms with Gasteiger partial charge >= 0.3 is 12.0 Å². The third-order valence-corrected chi connectivity index (χ3v) is 2.72. The molecule has 0 aromatic heterocycles. The summed E-state index contributed by atoms with van der Waals surface area (Å²) < 4.78 is 0. The molecule has 0 aliphatic rings. The average molecular weight is 264 g/mol. The minimum Gasteiger partial charge on any atom is -0.478 e. The molecule has 0 saturated heterocycles. The number of carboxylic acids is 1. The van der Waals surface area contributed by atoms with Crippen LogP contribution in [0, 0.1) is 0 Å². The molecule has 0 bridgehead atoms. The summed E-state index contributed by atoms with van der Waals surface area (Å²) in [7, 11) is 0. The monoisotopic (exact) mass is 264 g/mol. The van der Waals surface area contributed by atoms with Gasteiger partial charge in [-0.15, -0.1) is 0 Å². The van der Waals surface area contributed by atoms with Crippen molar-refractivity contribution in [3.05, 3.63) is 29.8 Å². The van der Waals surface area contributed by atoms with E-state index in [2.05, 4.69) is 17.6 Å². The first-order valence-corrected chi connectivity index (χ1v) is 6.52. The second-order valence-corrected chi connectivity index (χ2v) is 4.29. The van der Waals surface area contributed by atoms with Crippen molar-refractivity contribution in [1.82, 2.24) is 5.32 Å². The summed E-state index contributed by atoms with van der Waals surface area (Å²) in [5.41, 5.74) is 0.393. The van der Waals surface area contributed by atoms with Gasteiger partial charge in [0.25, 0.3) is 0 Å². The first-order valence-electron chi connectivity index (χ1n) is 6.52. The molecule has 2 amide bonds. The van der Waals surface area contributed by atoms with Crippen molar-refractivity contribution in [2.24, 2.45) is 0 Å². The summed E-state index contributed by atoms with van der Waals surface area (Å²) in [6.07, 6.45) is 4.33. The highest BCUT2D eigenvalue weighted by Crippen LogP contribution is 2.14. The van der Waals surface area contributed by atoms with Crippen LogP contribution < -0.4 is 10.6 Å². The molecule has 0 atom stereocenters. The number of benzene rings is 1. The number of carbonyl (C=O) groups is 2. The highest BCUT2D eigenvalue weighted by Gasteiger charge is 2.10. The summed E-state index contributed by atoms with van der Waals surface area (Å²) in [5, 5.41) is 14.2. The van der Waals surface area contributed by atoms with Crippen LogP contribution in [0.5, 0.6) is 0 Å². The van der Waals surface area contributed by atoms with E-state index in [9.17, 15) is 9.59 Å². The Morgan fingerprint density at radius 3 is 2.58 bits per heavy atom. The van der Waals surface area contributed by atoms with E-state index in [1.807, 2.05) is 0 Å². The predicted molar refractivity (Wildman–Crippen MR) is 74.6 cm³/mol. The molecule has 19 heavy (non-hydrogen) atoms. The average Bonchev–Trinajstić information content (AvgIpc) is 2.39. The number of carboxylic acid groups (broad SMARTS) is 1. The van der Waals surface area contributed by atoms with Gasteiger partial charge in [-0.25, -0.2) is 9.59 Å². The molecule has 104 valence electrons. The van der Waals surface area contributed by atoms with Crippen molar-refractivity contribution >= 4 is 17.7 Å². The van der Waals surface area contributed by atoms with E-state index < -0.39 is 5.97 Å². The van der Waals surface area contributed by atoms with Crippen LogP contribution in [0.15, 0.2) is 24.3 Å². The molecule has 5 nitrogen and oxygen atoms in total. The number of hydrogen-bond acceptors (Lipinski definition) is 2. The van der Waals surface area contributed by atoms with Crippen molar-refractivity contribution < 1.29 is 14.7 Å². The molecule has 0 fully saturated rings. The maximum atomic E-state index is 11.6. The van der Waals surface area contributed by atoms with E-state index in [1.54, 1.807) is 18.2 Å². The minimum absolute atomic E-state index is 0.0867. The fraction of sp³-hybridized carbons (Fsp3) is 0.429. The topological polar surface area (TPSA) is 78.4 Å². The fourth-order valence-electron chi connectivity index (χ4n) is 1.70. The Bertz CT molecular complexity index is 432. The summed E-state index contributed by atoms with van der Waals surface area (Å²) in [6.45, 7) is 2.73. The second kappa shape index (κ2) is 8.13. The summed E-state index contributed by atoms with van der Waals surface area (Å²) in [5.74, 6) is -1.06. The SMILES string of the molecule is CCCCCCNC(=O)Nc1ccccc1C(=O)O. The lowest BCUT2D eigenvalue weighted by atomic mass is 10.2. The molecule has 0 unspecified atom stereocenters. The highest BCUT2D eigenvalue weighted by atomic mass is 16.4. The number of hydrogen-bond donors (Lipinski definition) is 3. The third kappa shape index (κ3) is 5.42. The lowest BCUT2D eigenvalue weighted by Gasteiger charge is -2.09. The molecule has 0 heterocycles. The van der Waals surface area contributed by atoms with Gasteiger partial charge in [0, 0.05) is 6.54 Å². The summed E-state index contributed by atoms with van der Waals surface area (Å²) >= 11 is 0. The van der Waals surface area contributed by atoms with Gasteiger partial charge in [-0.2, -0.15) is 0 Å². The van der Waals surface area contributed by atoms with Crippen LogP contribution in [0.2, 0.25) is 0 Å². The van der Waals surface area contributed by atoms with Crippen LogP contribution in [0.25, 0.3) is 0 Å². The molecule has 1 aromatic rings. The first kappa shape index (κ1) is 15.0. The molecular weight excluding hydrogens is 244 g/mol. The number of unbranched alkanes of at least 4 members (excludes halogenated alkanes) is 3. The number of carbonyl (C=O) groups excluding carboxylic acids is 1. The highest BCUT2D eigenvalue weighted by molar-refractivity contribution is 5.99. The smallest absolute Gasteiger partial charge is 0.337 e. The zero-order valence-electron chi connectivity index (χ0n) is 11.1. The van der Waals surface area contributed by atoms with E-state index in [1.165, 1.54) is 6.07 Å². The summed E-state index contributed by atoms with van der Waals surface area (Å²) in [4.78, 5) is 22.6. The predicted octanol–water partition coefficient (Wildman–Crippen LogP) is 3.09. The molecule has 3 N–H and O–H groups in total. The number of para-hydroxylation sites is 1. The van der Waals surface area contributed by atoms with Gasteiger partial charge in [0.1, 0.15) is 0 Å².